The van der Waals surface area contributed by atoms with Crippen molar-refractivity contribution in [3.8, 4) is 0 Å². The highest BCUT2D eigenvalue weighted by molar-refractivity contribution is 8.06. The van der Waals surface area contributed by atoms with Gasteiger partial charge in [-0.1, -0.05) is 6.92 Å². The van der Waals surface area contributed by atoms with E-state index < -0.39 is 15.0 Å². The second-order valence-electron chi connectivity index (χ2n) is 2.49. The van der Waals surface area contributed by atoms with Gasteiger partial charge >= 0.3 is 0 Å². The van der Waals surface area contributed by atoms with Gasteiger partial charge in [-0.15, -0.1) is 0 Å². The van der Waals surface area contributed by atoms with E-state index in [-0.39, 0.29) is 17.4 Å². The zero-order valence-electron chi connectivity index (χ0n) is 7.47. The minimum absolute atomic E-state index is 0.123. The Kier molecular flexibility index (Phi) is 2.80. The van der Waals surface area contributed by atoms with Crippen LogP contribution in [0.15, 0.2) is 12.3 Å². The average molecular weight is 215 g/mol. The predicted octanol–water partition coefficient (Wildman–Crippen LogP) is -0.366. The number of carbonyl (C=O) groups excluding carboxylic acids is 1. The molecule has 6 nitrogen and oxygen atoms in total. The van der Waals surface area contributed by atoms with Crippen LogP contribution in [0.5, 0.6) is 0 Å². The van der Waals surface area contributed by atoms with Crippen LogP contribution in [-0.4, -0.2) is 29.3 Å². The summed E-state index contributed by atoms with van der Waals surface area (Å²) < 4.78 is 22.3. The monoisotopic (exact) mass is 215 g/mol. The quantitative estimate of drug-likeness (QED) is 0.722. The van der Waals surface area contributed by atoms with Gasteiger partial charge in [-0.25, -0.2) is 18.4 Å². The Balaban J connectivity index is 3.14. The number of hydrogen-bond acceptors (Lipinski definition) is 6. The molecule has 1 heterocycles. The lowest BCUT2D eigenvalue weighted by molar-refractivity contribution is 0.107. The SMILES string of the molecule is CCS(=O)(=O)C(=O)c1ccnc(N)n1. The molecule has 0 radical (unpaired) electrons. The molecule has 76 valence electrons. The van der Waals surface area contributed by atoms with Crippen LogP contribution < -0.4 is 5.73 Å². The Hall–Kier alpha value is -1.50. The van der Waals surface area contributed by atoms with E-state index in [0.717, 1.165) is 0 Å². The van der Waals surface area contributed by atoms with Gasteiger partial charge in [0.2, 0.25) is 15.8 Å². The van der Waals surface area contributed by atoms with Gasteiger partial charge in [0.15, 0.2) is 0 Å². The zero-order chi connectivity index (χ0) is 10.8. The highest BCUT2D eigenvalue weighted by Gasteiger charge is 2.23. The molecule has 0 aromatic carbocycles. The first kappa shape index (κ1) is 10.6. The minimum atomic E-state index is -3.75. The standard InChI is InChI=1S/C7H9N3O3S/c1-2-14(12,13)6(11)5-3-4-9-7(8)10-5/h3-4H,2H2,1H3,(H2,8,9,10). The molecule has 0 saturated heterocycles. The van der Waals surface area contributed by atoms with Crippen molar-refractivity contribution in [2.45, 2.75) is 6.92 Å². The number of nitrogens with two attached hydrogens (primary N) is 1. The molecule has 1 aromatic rings. The number of anilines is 1. The third-order valence-electron chi connectivity index (χ3n) is 1.55. The molecule has 0 unspecified atom stereocenters. The molecule has 0 aliphatic heterocycles. The lowest BCUT2D eigenvalue weighted by atomic mass is 10.4. The molecule has 0 amide bonds. The van der Waals surface area contributed by atoms with Gasteiger partial charge in [-0.3, -0.25) is 4.79 Å². The van der Waals surface area contributed by atoms with Crippen molar-refractivity contribution in [2.24, 2.45) is 0 Å². The van der Waals surface area contributed by atoms with Crippen molar-refractivity contribution in [2.75, 3.05) is 11.5 Å². The van der Waals surface area contributed by atoms with E-state index in [4.69, 9.17) is 5.73 Å². The van der Waals surface area contributed by atoms with E-state index >= 15 is 0 Å². The summed E-state index contributed by atoms with van der Waals surface area (Å²) in [6, 6.07) is 1.21. The summed E-state index contributed by atoms with van der Waals surface area (Å²) in [4.78, 5) is 18.4. The Labute approximate surface area is 81.1 Å². The van der Waals surface area contributed by atoms with Crippen molar-refractivity contribution in [3.05, 3.63) is 18.0 Å². The summed E-state index contributed by atoms with van der Waals surface area (Å²) in [6.45, 7) is 1.39. The summed E-state index contributed by atoms with van der Waals surface area (Å²) in [7, 11) is -3.75. The van der Waals surface area contributed by atoms with Crippen LogP contribution in [0.4, 0.5) is 5.95 Å². The molecule has 7 heteroatoms. The van der Waals surface area contributed by atoms with E-state index in [1.54, 1.807) is 0 Å². The van der Waals surface area contributed by atoms with Crippen LogP contribution in [-0.2, 0) is 9.84 Å². The zero-order valence-corrected chi connectivity index (χ0v) is 8.28. The first-order chi connectivity index (χ1) is 6.47. The van der Waals surface area contributed by atoms with Crippen LogP contribution in [0.1, 0.15) is 17.4 Å². The molecule has 0 fully saturated rings. The molecule has 0 atom stereocenters. The Morgan fingerprint density at radius 3 is 2.71 bits per heavy atom. The van der Waals surface area contributed by atoms with Crippen molar-refractivity contribution >= 4 is 20.9 Å². The highest BCUT2D eigenvalue weighted by atomic mass is 32.2. The van der Waals surface area contributed by atoms with Gasteiger partial charge in [0.05, 0.1) is 5.75 Å². The fraction of sp³-hybridized carbons (Fsp3) is 0.286. The lowest BCUT2D eigenvalue weighted by Crippen LogP contribution is -2.18. The second-order valence-corrected chi connectivity index (χ2v) is 4.67. The number of hydrogen-bond donors (Lipinski definition) is 1. The smallest absolute Gasteiger partial charge is 0.295 e. The number of rotatable bonds is 2. The van der Waals surface area contributed by atoms with Crippen LogP contribution in [0, 0.1) is 0 Å². The third-order valence-corrected chi connectivity index (χ3v) is 3.08. The summed E-state index contributed by atoms with van der Waals surface area (Å²) in [6.07, 6.45) is 1.24. The topological polar surface area (TPSA) is 103 Å². The summed E-state index contributed by atoms with van der Waals surface area (Å²) in [5, 5.41) is -1.02. The largest absolute Gasteiger partial charge is 0.368 e. The lowest BCUT2D eigenvalue weighted by Gasteiger charge is -1.99. The Morgan fingerprint density at radius 2 is 2.21 bits per heavy atom. The second kappa shape index (κ2) is 3.70. The van der Waals surface area contributed by atoms with E-state index in [2.05, 4.69) is 9.97 Å². The van der Waals surface area contributed by atoms with E-state index in [9.17, 15) is 13.2 Å². The fourth-order valence-electron chi connectivity index (χ4n) is 0.778. The average Bonchev–Trinajstić information content (AvgIpc) is 2.16. The maximum Gasteiger partial charge on any atom is 0.295 e. The van der Waals surface area contributed by atoms with Crippen molar-refractivity contribution in [1.29, 1.82) is 0 Å². The van der Waals surface area contributed by atoms with Gasteiger partial charge in [0, 0.05) is 6.20 Å². The van der Waals surface area contributed by atoms with Gasteiger partial charge in [-0.2, -0.15) is 0 Å². The summed E-state index contributed by atoms with van der Waals surface area (Å²) >= 11 is 0. The van der Waals surface area contributed by atoms with E-state index in [0.29, 0.717) is 0 Å². The maximum absolute atomic E-state index is 11.3. The third kappa shape index (κ3) is 2.05. The Morgan fingerprint density at radius 1 is 1.57 bits per heavy atom. The first-order valence-corrected chi connectivity index (χ1v) is 5.48. The van der Waals surface area contributed by atoms with Crippen LogP contribution >= 0.6 is 0 Å². The molecule has 1 rings (SSSR count). The number of carbonyl (C=O) groups is 1. The van der Waals surface area contributed by atoms with Crippen molar-refractivity contribution in [1.82, 2.24) is 9.97 Å². The molecule has 0 spiro atoms. The molecular formula is C7H9N3O3S. The van der Waals surface area contributed by atoms with Gasteiger partial charge in [-0.05, 0) is 6.07 Å². The van der Waals surface area contributed by atoms with Crippen LogP contribution in [0.2, 0.25) is 0 Å². The predicted molar refractivity (Wildman–Crippen MR) is 50.2 cm³/mol. The number of nitrogen functional groups attached to an aromatic ring is 1. The van der Waals surface area contributed by atoms with Gasteiger partial charge in [0.25, 0.3) is 5.12 Å². The fourth-order valence-corrected chi connectivity index (χ4v) is 1.47. The molecule has 1 aromatic heterocycles. The van der Waals surface area contributed by atoms with Crippen molar-refractivity contribution in [3.63, 3.8) is 0 Å². The maximum atomic E-state index is 11.3. The number of nitrogens with zero attached hydrogens (tertiary/aromatic N) is 2. The normalized spacial score (nSPS) is 11.2. The van der Waals surface area contributed by atoms with Crippen LogP contribution in [0.25, 0.3) is 0 Å². The van der Waals surface area contributed by atoms with E-state index in [1.807, 2.05) is 0 Å². The molecule has 0 aliphatic carbocycles. The number of sulfone groups is 1. The number of aromatic nitrogens is 2. The molecule has 0 bridgehead atoms. The Bertz CT molecular complexity index is 455. The molecule has 0 aliphatic rings. The van der Waals surface area contributed by atoms with Gasteiger partial charge < -0.3 is 5.73 Å². The van der Waals surface area contributed by atoms with Crippen LogP contribution in [0.3, 0.4) is 0 Å². The summed E-state index contributed by atoms with van der Waals surface area (Å²) in [5.74, 6) is -0.377. The summed E-state index contributed by atoms with van der Waals surface area (Å²) in [5.41, 5.74) is 5.02. The molecule has 0 saturated carbocycles. The molecular weight excluding hydrogens is 206 g/mol. The van der Waals surface area contributed by atoms with E-state index in [1.165, 1.54) is 19.2 Å². The first-order valence-electron chi connectivity index (χ1n) is 3.83. The molecule has 2 N–H and O–H groups in total. The highest BCUT2D eigenvalue weighted by Crippen LogP contribution is 2.04. The minimum Gasteiger partial charge on any atom is -0.368 e. The molecule has 14 heavy (non-hydrogen) atoms. The van der Waals surface area contributed by atoms with Gasteiger partial charge in [0.1, 0.15) is 5.69 Å². The van der Waals surface area contributed by atoms with Crippen molar-refractivity contribution < 1.29 is 13.2 Å².